The highest BCUT2D eigenvalue weighted by molar-refractivity contribution is 7.90. The Morgan fingerprint density at radius 3 is 2.09 bits per heavy atom. The third-order valence-electron chi connectivity index (χ3n) is 4.34. The number of hydrogen-bond acceptors (Lipinski definition) is 6. The summed E-state index contributed by atoms with van der Waals surface area (Å²) < 4.78 is 40.5. The minimum absolute atomic E-state index is 0.00438. The largest absolute Gasteiger partial charge is 0.494 e. The minimum atomic E-state index is -3.61. The van der Waals surface area contributed by atoms with Crippen molar-refractivity contribution in [1.29, 1.82) is 0 Å². The molecule has 0 saturated carbocycles. The van der Waals surface area contributed by atoms with Crippen LogP contribution in [0.5, 0.6) is 0 Å². The average molecular weight is 340 g/mol. The molecule has 23 heavy (non-hydrogen) atoms. The van der Waals surface area contributed by atoms with Crippen LogP contribution in [0.1, 0.15) is 38.1 Å². The van der Waals surface area contributed by atoms with Crippen LogP contribution in [0.3, 0.4) is 0 Å². The minimum Gasteiger partial charge on any atom is -0.465 e. The Hall–Kier alpha value is -1.38. The molecule has 1 aliphatic heterocycles. The molecule has 8 heteroatoms. The number of hydrogen-bond donors (Lipinski definition) is 0. The van der Waals surface area contributed by atoms with Crippen molar-refractivity contribution < 1.29 is 27.3 Å². The molecule has 0 radical (unpaired) electrons. The Balaban J connectivity index is 2.50. The van der Waals surface area contributed by atoms with Gasteiger partial charge in [-0.1, -0.05) is 6.07 Å². The second kappa shape index (κ2) is 5.61. The average Bonchev–Trinajstić information content (AvgIpc) is 2.65. The van der Waals surface area contributed by atoms with Crippen molar-refractivity contribution in [2.75, 3.05) is 13.4 Å². The second-order valence-electron chi connectivity index (χ2n) is 6.61. The molecule has 0 aromatic heterocycles. The highest BCUT2D eigenvalue weighted by Crippen LogP contribution is 2.36. The van der Waals surface area contributed by atoms with Gasteiger partial charge in [-0.2, -0.15) is 0 Å². The number of rotatable bonds is 3. The Bertz CT molecular complexity index is 722. The van der Waals surface area contributed by atoms with E-state index in [1.807, 2.05) is 27.7 Å². The molecule has 1 saturated heterocycles. The van der Waals surface area contributed by atoms with Gasteiger partial charge in [-0.05, 0) is 45.3 Å². The molecule has 2 rings (SSSR count). The van der Waals surface area contributed by atoms with Gasteiger partial charge in [-0.25, -0.2) is 13.2 Å². The first-order chi connectivity index (χ1) is 10.4. The third kappa shape index (κ3) is 3.29. The maximum absolute atomic E-state index is 12.0. The lowest BCUT2D eigenvalue weighted by Gasteiger charge is -2.32. The van der Waals surface area contributed by atoms with Gasteiger partial charge in [0.05, 0.1) is 28.8 Å². The summed E-state index contributed by atoms with van der Waals surface area (Å²) in [6.07, 6.45) is 1.04. The molecule has 1 aromatic carbocycles. The van der Waals surface area contributed by atoms with E-state index < -0.39 is 34.1 Å². The summed E-state index contributed by atoms with van der Waals surface area (Å²) in [5.74, 6) is -0.703. The van der Waals surface area contributed by atoms with Crippen molar-refractivity contribution in [2.24, 2.45) is 0 Å². The smallest absolute Gasteiger partial charge is 0.465 e. The third-order valence-corrected chi connectivity index (χ3v) is 5.47. The van der Waals surface area contributed by atoms with E-state index in [-0.39, 0.29) is 10.5 Å². The maximum Gasteiger partial charge on any atom is 0.494 e. The normalized spacial score (nSPS) is 19.7. The first-order valence-corrected chi connectivity index (χ1v) is 9.06. The predicted molar refractivity (Wildman–Crippen MR) is 86.6 cm³/mol. The van der Waals surface area contributed by atoms with Crippen molar-refractivity contribution in [3.05, 3.63) is 23.8 Å². The predicted octanol–water partition coefficient (Wildman–Crippen LogP) is 1.18. The monoisotopic (exact) mass is 340 g/mol. The van der Waals surface area contributed by atoms with E-state index in [2.05, 4.69) is 4.74 Å². The molecule has 1 heterocycles. The number of esters is 1. The molecule has 0 unspecified atom stereocenters. The lowest BCUT2D eigenvalue weighted by atomic mass is 9.79. The van der Waals surface area contributed by atoms with Gasteiger partial charge in [0.25, 0.3) is 0 Å². The fourth-order valence-corrected chi connectivity index (χ4v) is 3.15. The van der Waals surface area contributed by atoms with Crippen LogP contribution >= 0.6 is 0 Å². The molecule has 1 aliphatic rings. The van der Waals surface area contributed by atoms with E-state index in [1.165, 1.54) is 19.2 Å². The van der Waals surface area contributed by atoms with Gasteiger partial charge in [-0.3, -0.25) is 0 Å². The lowest BCUT2D eigenvalue weighted by Crippen LogP contribution is -2.41. The van der Waals surface area contributed by atoms with Crippen LogP contribution in [0.2, 0.25) is 0 Å². The van der Waals surface area contributed by atoms with E-state index in [1.54, 1.807) is 6.07 Å². The molecule has 0 aliphatic carbocycles. The topological polar surface area (TPSA) is 78.9 Å². The summed E-state index contributed by atoms with van der Waals surface area (Å²) in [6, 6.07) is 4.44. The highest BCUT2D eigenvalue weighted by Gasteiger charge is 2.51. The van der Waals surface area contributed by atoms with Crippen LogP contribution in [0.4, 0.5) is 0 Å². The van der Waals surface area contributed by atoms with Gasteiger partial charge >= 0.3 is 13.1 Å². The van der Waals surface area contributed by atoms with Gasteiger partial charge in [0.2, 0.25) is 0 Å². The van der Waals surface area contributed by atoms with Gasteiger partial charge in [-0.15, -0.1) is 0 Å². The van der Waals surface area contributed by atoms with E-state index in [9.17, 15) is 13.2 Å². The molecule has 1 aromatic rings. The Kier molecular flexibility index (Phi) is 4.38. The van der Waals surface area contributed by atoms with Crippen molar-refractivity contribution in [3.8, 4) is 0 Å². The summed E-state index contributed by atoms with van der Waals surface area (Å²) in [7, 11) is -3.11. The number of sulfone groups is 1. The van der Waals surface area contributed by atoms with Crippen LogP contribution in [0.25, 0.3) is 0 Å². The number of carbonyl (C=O) groups excluding carboxylic acids is 1. The van der Waals surface area contributed by atoms with Crippen LogP contribution in [-0.4, -0.2) is 46.1 Å². The van der Waals surface area contributed by atoms with E-state index in [4.69, 9.17) is 9.31 Å². The number of ether oxygens (including phenoxy) is 1. The molecule has 126 valence electrons. The fraction of sp³-hybridized carbons (Fsp3) is 0.533. The Morgan fingerprint density at radius 2 is 1.65 bits per heavy atom. The zero-order chi connectivity index (χ0) is 17.6. The first kappa shape index (κ1) is 18.0. The van der Waals surface area contributed by atoms with Crippen molar-refractivity contribution in [1.82, 2.24) is 0 Å². The first-order valence-electron chi connectivity index (χ1n) is 7.17. The molecule has 1 fully saturated rings. The van der Waals surface area contributed by atoms with Crippen molar-refractivity contribution >= 4 is 28.4 Å². The molecular formula is C15H21BO6S. The number of carbonyl (C=O) groups is 1. The molecule has 0 bridgehead atoms. The maximum atomic E-state index is 12.0. The van der Waals surface area contributed by atoms with E-state index in [0.717, 1.165) is 6.26 Å². The zero-order valence-electron chi connectivity index (χ0n) is 14.2. The fourth-order valence-electron chi connectivity index (χ4n) is 2.25. The highest BCUT2D eigenvalue weighted by atomic mass is 32.2. The Labute approximate surface area is 137 Å². The van der Waals surface area contributed by atoms with Crippen LogP contribution in [0, 0.1) is 0 Å². The quantitative estimate of drug-likeness (QED) is 0.607. The standard InChI is InChI=1S/C15H21BO6S/c1-14(2)15(3,4)22-16(21-14)10-7-8-11(13(17)20-5)12(9-10)23(6,18)19/h7-9H,1-6H3. The zero-order valence-corrected chi connectivity index (χ0v) is 15.0. The van der Waals surface area contributed by atoms with Gasteiger partial charge < -0.3 is 14.0 Å². The Morgan fingerprint density at radius 1 is 1.13 bits per heavy atom. The molecule has 6 nitrogen and oxygen atoms in total. The van der Waals surface area contributed by atoms with E-state index >= 15 is 0 Å². The molecule has 0 amide bonds. The molecule has 0 atom stereocenters. The van der Waals surface area contributed by atoms with Crippen LogP contribution < -0.4 is 5.46 Å². The van der Waals surface area contributed by atoms with Crippen molar-refractivity contribution in [2.45, 2.75) is 43.8 Å². The van der Waals surface area contributed by atoms with Crippen LogP contribution in [-0.2, 0) is 23.9 Å². The SMILES string of the molecule is COC(=O)c1ccc(B2OC(C)(C)C(C)(C)O2)cc1S(C)(=O)=O. The van der Waals surface area contributed by atoms with Gasteiger partial charge in [0.15, 0.2) is 9.84 Å². The lowest BCUT2D eigenvalue weighted by molar-refractivity contribution is 0.00578. The summed E-state index contributed by atoms with van der Waals surface area (Å²) in [6.45, 7) is 7.64. The number of methoxy groups -OCH3 is 1. The molecule has 0 spiro atoms. The molecular weight excluding hydrogens is 319 g/mol. The summed E-state index contributed by atoms with van der Waals surface area (Å²) >= 11 is 0. The van der Waals surface area contributed by atoms with Gasteiger partial charge in [0.1, 0.15) is 0 Å². The summed E-state index contributed by atoms with van der Waals surface area (Å²) in [5, 5.41) is 0. The van der Waals surface area contributed by atoms with Crippen LogP contribution in [0.15, 0.2) is 23.1 Å². The van der Waals surface area contributed by atoms with Crippen molar-refractivity contribution in [3.63, 3.8) is 0 Å². The summed E-state index contributed by atoms with van der Waals surface area (Å²) in [4.78, 5) is 11.7. The van der Waals surface area contributed by atoms with E-state index in [0.29, 0.717) is 5.46 Å². The van der Waals surface area contributed by atoms with Gasteiger partial charge in [0, 0.05) is 6.26 Å². The second-order valence-corrected chi connectivity index (χ2v) is 8.59. The molecule has 0 N–H and O–H groups in total. The summed E-state index contributed by atoms with van der Waals surface area (Å²) in [5.41, 5.74) is -0.541. The number of benzene rings is 1.